The molecule has 2 aromatic carbocycles. The second-order valence-corrected chi connectivity index (χ2v) is 10.4. The summed E-state index contributed by atoms with van der Waals surface area (Å²) in [6, 6.07) is 12.6. The van der Waals surface area contributed by atoms with Crippen molar-refractivity contribution >= 4 is 46.6 Å². The number of anilines is 1. The molecule has 0 aromatic heterocycles. The number of carbonyl (C=O) groups is 3. The van der Waals surface area contributed by atoms with Gasteiger partial charge in [-0.15, -0.1) is 16.9 Å². The van der Waals surface area contributed by atoms with Gasteiger partial charge < -0.3 is 20.2 Å². The molecule has 2 heterocycles. The van der Waals surface area contributed by atoms with Crippen LogP contribution < -0.4 is 10.2 Å². The number of carboxylic acids is 1. The lowest BCUT2D eigenvalue weighted by Crippen LogP contribution is -2.70. The number of hydrogen-bond acceptors (Lipinski definition) is 7. The predicted molar refractivity (Wildman–Crippen MR) is 126 cm³/mol. The molecule has 33 heavy (non-hydrogen) atoms. The number of amides is 2. The van der Waals surface area contributed by atoms with Crippen LogP contribution in [0.2, 0.25) is 0 Å². The first-order chi connectivity index (χ1) is 15.6. The molecule has 9 nitrogen and oxygen atoms in total. The number of hydrogen-bond donors (Lipinski definition) is 2. The Kier molecular flexibility index (Phi) is 5.87. The van der Waals surface area contributed by atoms with Crippen molar-refractivity contribution in [2.24, 2.45) is 10.2 Å². The molecule has 0 saturated carbocycles. The molecule has 0 aliphatic carbocycles. The molecule has 4 rings (SSSR count). The lowest BCUT2D eigenvalue weighted by Gasteiger charge is -2.43. The van der Waals surface area contributed by atoms with Gasteiger partial charge in [-0.1, -0.05) is 12.1 Å². The lowest BCUT2D eigenvalue weighted by molar-refractivity contribution is -0.159. The summed E-state index contributed by atoms with van der Waals surface area (Å²) < 4.78 is -0.653. The molecule has 0 spiro atoms. The molecule has 3 unspecified atom stereocenters. The molecule has 0 bridgehead atoms. The Morgan fingerprint density at radius 3 is 2.39 bits per heavy atom. The highest BCUT2D eigenvalue weighted by Crippen LogP contribution is 2.50. The van der Waals surface area contributed by atoms with Crippen LogP contribution in [0.5, 0.6) is 0 Å². The first-order valence-electron chi connectivity index (χ1n) is 10.4. The number of carboxylic acid groups (broad SMARTS) is 1. The summed E-state index contributed by atoms with van der Waals surface area (Å²) in [6.07, 6.45) is 0. The van der Waals surface area contributed by atoms with Gasteiger partial charge in [0.2, 0.25) is 5.91 Å². The Morgan fingerprint density at radius 1 is 1.09 bits per heavy atom. The van der Waals surface area contributed by atoms with E-state index in [2.05, 4.69) is 15.5 Å². The van der Waals surface area contributed by atoms with Crippen LogP contribution in [0, 0.1) is 0 Å². The van der Waals surface area contributed by atoms with Crippen molar-refractivity contribution in [3.05, 3.63) is 54.1 Å². The van der Waals surface area contributed by atoms with Crippen molar-refractivity contribution in [3.63, 3.8) is 0 Å². The van der Waals surface area contributed by atoms with E-state index >= 15 is 0 Å². The maximum absolute atomic E-state index is 13.0. The summed E-state index contributed by atoms with van der Waals surface area (Å²) in [5.74, 6) is -1.89. The van der Waals surface area contributed by atoms with Gasteiger partial charge in [-0.3, -0.25) is 9.59 Å². The van der Waals surface area contributed by atoms with E-state index in [-0.39, 0.29) is 11.5 Å². The molecule has 2 N–H and O–H groups in total. The number of nitrogens with one attached hydrogen (secondary N) is 1. The van der Waals surface area contributed by atoms with Crippen molar-refractivity contribution in [1.29, 1.82) is 0 Å². The maximum Gasteiger partial charge on any atom is 0.327 e. The number of β-lactam (4-membered cyclic amide) rings is 1. The predicted octanol–water partition coefficient (Wildman–Crippen LogP) is 3.41. The Labute approximate surface area is 195 Å². The van der Waals surface area contributed by atoms with E-state index in [1.165, 1.54) is 16.7 Å². The van der Waals surface area contributed by atoms with E-state index in [4.69, 9.17) is 0 Å². The standard InChI is InChI=1S/C23H25N5O4S/c1-23(2)18(22(31)32)28-20(30)17(21(28)33-23)24-19(29)15-7-5-6-8-16(15)26-25-13-9-11-14(12-10-13)27(3)4/h5-12,17-18,21H,1-4H3,(H,24,29)(H,31,32). The maximum atomic E-state index is 13.0. The molecule has 2 saturated heterocycles. The van der Waals surface area contributed by atoms with Crippen LogP contribution in [-0.4, -0.2) is 64.1 Å². The topological polar surface area (TPSA) is 115 Å². The quantitative estimate of drug-likeness (QED) is 0.497. The monoisotopic (exact) mass is 467 g/mol. The van der Waals surface area contributed by atoms with E-state index in [1.807, 2.05) is 43.3 Å². The average molecular weight is 468 g/mol. The molecule has 2 aliphatic rings. The number of azo groups is 1. The molecular formula is C23H25N5O4S. The summed E-state index contributed by atoms with van der Waals surface area (Å²) in [4.78, 5) is 40.7. The molecule has 2 aromatic rings. The number of thioether (sulfide) groups is 1. The first kappa shape index (κ1) is 22.8. The van der Waals surface area contributed by atoms with Crippen LogP contribution in [0.3, 0.4) is 0 Å². The molecular weight excluding hydrogens is 442 g/mol. The zero-order valence-corrected chi connectivity index (χ0v) is 19.5. The van der Waals surface area contributed by atoms with Gasteiger partial charge in [0, 0.05) is 24.5 Å². The minimum Gasteiger partial charge on any atom is -0.480 e. The van der Waals surface area contributed by atoms with Crippen LogP contribution in [-0.2, 0) is 9.59 Å². The van der Waals surface area contributed by atoms with Crippen molar-refractivity contribution in [1.82, 2.24) is 10.2 Å². The van der Waals surface area contributed by atoms with E-state index in [1.54, 1.807) is 38.1 Å². The Morgan fingerprint density at radius 2 is 1.76 bits per heavy atom. The van der Waals surface area contributed by atoms with E-state index in [9.17, 15) is 19.5 Å². The summed E-state index contributed by atoms with van der Waals surface area (Å²) in [5, 5.41) is 20.4. The molecule has 2 fully saturated rings. The second kappa shape index (κ2) is 8.51. The third kappa shape index (κ3) is 4.18. The largest absolute Gasteiger partial charge is 0.480 e. The molecule has 2 aliphatic heterocycles. The smallest absolute Gasteiger partial charge is 0.327 e. The van der Waals surface area contributed by atoms with Crippen molar-refractivity contribution < 1.29 is 19.5 Å². The van der Waals surface area contributed by atoms with Gasteiger partial charge in [0.25, 0.3) is 5.91 Å². The van der Waals surface area contributed by atoms with Crippen molar-refractivity contribution in [2.45, 2.75) is 36.1 Å². The molecule has 2 amide bonds. The fraction of sp³-hybridized carbons (Fsp3) is 0.348. The molecule has 172 valence electrons. The van der Waals surface area contributed by atoms with E-state index < -0.39 is 34.1 Å². The molecule has 0 radical (unpaired) electrons. The zero-order valence-electron chi connectivity index (χ0n) is 18.7. The third-order valence-corrected chi connectivity index (χ3v) is 7.32. The second-order valence-electron chi connectivity index (χ2n) is 8.68. The molecule has 3 atom stereocenters. The molecule has 10 heteroatoms. The van der Waals surface area contributed by atoms with E-state index in [0.717, 1.165) is 5.69 Å². The van der Waals surface area contributed by atoms with Gasteiger partial charge in [-0.25, -0.2) is 4.79 Å². The van der Waals surface area contributed by atoms with Crippen molar-refractivity contribution in [2.75, 3.05) is 19.0 Å². The lowest BCUT2D eigenvalue weighted by atomic mass is 9.96. The van der Waals surface area contributed by atoms with Crippen LogP contribution in [0.15, 0.2) is 58.8 Å². The number of nitrogens with zero attached hydrogens (tertiary/aromatic N) is 4. The highest BCUT2D eigenvalue weighted by atomic mass is 32.2. The van der Waals surface area contributed by atoms with Crippen LogP contribution in [0.4, 0.5) is 17.1 Å². The SMILES string of the molecule is CN(C)c1ccc(N=Nc2ccccc2C(=O)NC2C(=O)N3C2SC(C)(C)C3C(=O)O)cc1. The average Bonchev–Trinajstić information content (AvgIpc) is 3.04. The van der Waals surface area contributed by atoms with Crippen LogP contribution in [0.25, 0.3) is 0 Å². The highest BCUT2D eigenvalue weighted by Gasteiger charge is 2.64. The van der Waals surface area contributed by atoms with Gasteiger partial charge in [0.05, 0.1) is 16.9 Å². The van der Waals surface area contributed by atoms with Gasteiger partial charge >= 0.3 is 5.97 Å². The van der Waals surface area contributed by atoms with Gasteiger partial charge in [-0.2, -0.15) is 5.11 Å². The van der Waals surface area contributed by atoms with Crippen LogP contribution >= 0.6 is 11.8 Å². The summed E-state index contributed by atoms with van der Waals surface area (Å²) in [6.45, 7) is 3.59. The number of carbonyl (C=O) groups excluding carboxylic acids is 2. The first-order valence-corrected chi connectivity index (χ1v) is 11.3. The third-order valence-electron chi connectivity index (χ3n) is 5.75. The Hall–Kier alpha value is -3.40. The normalized spacial score (nSPS) is 23.2. The highest BCUT2D eigenvalue weighted by molar-refractivity contribution is 8.01. The van der Waals surface area contributed by atoms with Crippen molar-refractivity contribution in [3.8, 4) is 0 Å². The summed E-state index contributed by atoms with van der Waals surface area (Å²) >= 11 is 1.38. The zero-order chi connectivity index (χ0) is 23.9. The fourth-order valence-corrected chi connectivity index (χ4v) is 5.67. The number of fused-ring (bicyclic) bond motifs is 1. The van der Waals surface area contributed by atoms with Gasteiger partial charge in [0.15, 0.2) is 0 Å². The Bertz CT molecular complexity index is 1130. The minimum absolute atomic E-state index is 0.287. The van der Waals surface area contributed by atoms with Crippen LogP contribution in [0.1, 0.15) is 24.2 Å². The number of benzene rings is 2. The number of aliphatic carboxylic acids is 1. The Balaban J connectivity index is 1.49. The minimum atomic E-state index is -1.04. The summed E-state index contributed by atoms with van der Waals surface area (Å²) in [5.41, 5.74) is 2.34. The van der Waals surface area contributed by atoms with Gasteiger partial charge in [0.1, 0.15) is 17.5 Å². The van der Waals surface area contributed by atoms with Gasteiger partial charge in [-0.05, 0) is 50.2 Å². The fourth-order valence-electron chi connectivity index (χ4n) is 4.05. The number of rotatable bonds is 6. The van der Waals surface area contributed by atoms with E-state index in [0.29, 0.717) is 11.4 Å². The summed E-state index contributed by atoms with van der Waals surface area (Å²) in [7, 11) is 3.90.